The Kier molecular flexibility index (Phi) is 5.14. The van der Waals surface area contributed by atoms with Crippen LogP contribution in [-0.2, 0) is 0 Å². The Morgan fingerprint density at radius 2 is 2.00 bits per heavy atom. The van der Waals surface area contributed by atoms with E-state index in [0.29, 0.717) is 12.0 Å². The molecular weight excluding hydrogens is 180 g/mol. The van der Waals surface area contributed by atoms with Crippen molar-refractivity contribution in [3.63, 3.8) is 0 Å². The van der Waals surface area contributed by atoms with Gasteiger partial charge in [0.25, 0.3) is 0 Å². The second-order valence-corrected chi connectivity index (χ2v) is 5.19. The van der Waals surface area contributed by atoms with Crippen LogP contribution in [0.2, 0.25) is 0 Å². The van der Waals surface area contributed by atoms with Crippen LogP contribution in [-0.4, -0.2) is 42.1 Å². The minimum Gasteiger partial charge on any atom is -0.326 e. The lowest BCUT2D eigenvalue weighted by Crippen LogP contribution is -2.44. The molecule has 0 saturated carbocycles. The molecule has 1 fully saturated rings. The van der Waals surface area contributed by atoms with Crippen molar-refractivity contribution in [3.8, 4) is 0 Å². The van der Waals surface area contributed by atoms with Gasteiger partial charge in [0.1, 0.15) is 0 Å². The summed E-state index contributed by atoms with van der Waals surface area (Å²) < 4.78 is 0. The van der Waals surface area contributed by atoms with E-state index in [-0.39, 0.29) is 0 Å². The summed E-state index contributed by atoms with van der Waals surface area (Å²) in [5.41, 5.74) is 6.11. The Bertz CT molecular complexity index is 135. The predicted octanol–water partition coefficient (Wildman–Crippen LogP) is 1.41. The van der Waals surface area contributed by atoms with E-state index in [0.717, 1.165) is 6.54 Å². The molecule has 78 valence electrons. The molecule has 0 aromatic heterocycles. The fourth-order valence-electron chi connectivity index (χ4n) is 1.56. The molecule has 13 heavy (non-hydrogen) atoms. The lowest BCUT2D eigenvalue weighted by molar-refractivity contribution is 0.251. The summed E-state index contributed by atoms with van der Waals surface area (Å²) >= 11 is 2.06. The molecule has 2 nitrogen and oxygen atoms in total. The molecule has 0 aliphatic carbocycles. The van der Waals surface area contributed by atoms with Crippen molar-refractivity contribution in [1.29, 1.82) is 0 Å². The summed E-state index contributed by atoms with van der Waals surface area (Å²) in [7, 11) is 0. The minimum atomic E-state index is 0.369. The Hall–Kier alpha value is 0.270. The molecule has 1 aliphatic heterocycles. The monoisotopic (exact) mass is 202 g/mol. The molecule has 0 amide bonds. The van der Waals surface area contributed by atoms with Gasteiger partial charge in [0.05, 0.1) is 0 Å². The van der Waals surface area contributed by atoms with Gasteiger partial charge in [-0.3, -0.25) is 0 Å². The van der Waals surface area contributed by atoms with E-state index in [1.807, 2.05) is 0 Å². The number of thioether (sulfide) groups is 1. The Morgan fingerprint density at radius 1 is 1.38 bits per heavy atom. The van der Waals surface area contributed by atoms with Crippen LogP contribution in [0.15, 0.2) is 0 Å². The maximum Gasteiger partial charge on any atom is 0.0193 e. The summed E-state index contributed by atoms with van der Waals surface area (Å²) in [6.45, 7) is 8.03. The van der Waals surface area contributed by atoms with E-state index >= 15 is 0 Å². The number of nitrogens with zero attached hydrogens (tertiary/aromatic N) is 1. The molecule has 0 aromatic carbocycles. The normalized spacial score (nSPS) is 24.2. The molecule has 0 aromatic rings. The molecular formula is C10H22N2S. The fourth-order valence-corrected chi connectivity index (χ4v) is 2.54. The van der Waals surface area contributed by atoms with Gasteiger partial charge in [-0.25, -0.2) is 0 Å². The van der Waals surface area contributed by atoms with Crippen LogP contribution in [0.1, 0.15) is 20.3 Å². The Balaban J connectivity index is 2.21. The van der Waals surface area contributed by atoms with E-state index in [2.05, 4.69) is 30.5 Å². The second kappa shape index (κ2) is 5.89. The molecule has 2 atom stereocenters. The maximum atomic E-state index is 6.11. The topological polar surface area (TPSA) is 29.3 Å². The molecule has 0 spiro atoms. The van der Waals surface area contributed by atoms with Gasteiger partial charge in [-0.05, 0) is 5.92 Å². The van der Waals surface area contributed by atoms with Crippen LogP contribution in [0.3, 0.4) is 0 Å². The van der Waals surface area contributed by atoms with Crippen LogP contribution in [0, 0.1) is 5.92 Å². The van der Waals surface area contributed by atoms with E-state index in [9.17, 15) is 0 Å². The average Bonchev–Trinajstić information content (AvgIpc) is 2.18. The molecule has 1 aliphatic rings. The van der Waals surface area contributed by atoms with Crippen LogP contribution in [0.25, 0.3) is 0 Å². The van der Waals surface area contributed by atoms with Gasteiger partial charge in [-0.15, -0.1) is 0 Å². The van der Waals surface area contributed by atoms with Gasteiger partial charge in [0, 0.05) is 37.2 Å². The highest BCUT2D eigenvalue weighted by atomic mass is 32.2. The van der Waals surface area contributed by atoms with Crippen molar-refractivity contribution in [2.24, 2.45) is 11.7 Å². The molecule has 1 saturated heterocycles. The van der Waals surface area contributed by atoms with E-state index < -0.39 is 0 Å². The fraction of sp³-hybridized carbons (Fsp3) is 1.00. The standard InChI is InChI=1S/C10H22N2S/c1-3-9(2)10(11)8-12-4-6-13-7-5-12/h9-10H,3-8,11H2,1-2H3/t9-,10-/m1/s1. The first kappa shape index (κ1) is 11.3. The number of nitrogens with two attached hydrogens (primary N) is 1. The molecule has 1 rings (SSSR count). The van der Waals surface area contributed by atoms with Gasteiger partial charge in [0.15, 0.2) is 0 Å². The van der Waals surface area contributed by atoms with Crippen LogP contribution >= 0.6 is 11.8 Å². The van der Waals surface area contributed by atoms with Crippen LogP contribution < -0.4 is 5.73 Å². The molecule has 1 heterocycles. The zero-order chi connectivity index (χ0) is 9.68. The second-order valence-electron chi connectivity index (χ2n) is 3.96. The van der Waals surface area contributed by atoms with E-state index in [4.69, 9.17) is 5.73 Å². The highest BCUT2D eigenvalue weighted by Gasteiger charge is 2.16. The predicted molar refractivity (Wildman–Crippen MR) is 61.2 cm³/mol. The molecule has 0 radical (unpaired) electrons. The van der Waals surface area contributed by atoms with Gasteiger partial charge >= 0.3 is 0 Å². The summed E-state index contributed by atoms with van der Waals surface area (Å²) in [5, 5.41) is 0. The number of hydrogen-bond donors (Lipinski definition) is 1. The van der Waals surface area contributed by atoms with Crippen molar-refractivity contribution >= 4 is 11.8 Å². The summed E-state index contributed by atoms with van der Waals surface area (Å²) in [4.78, 5) is 2.51. The highest BCUT2D eigenvalue weighted by Crippen LogP contribution is 2.12. The quantitative estimate of drug-likeness (QED) is 0.747. The lowest BCUT2D eigenvalue weighted by atomic mass is 10.00. The third-order valence-electron chi connectivity index (χ3n) is 2.95. The van der Waals surface area contributed by atoms with Crippen LogP contribution in [0.5, 0.6) is 0 Å². The first-order chi connectivity index (χ1) is 6.24. The van der Waals surface area contributed by atoms with Crippen molar-refractivity contribution in [3.05, 3.63) is 0 Å². The first-order valence-electron chi connectivity index (χ1n) is 5.29. The SMILES string of the molecule is CC[C@@H](C)[C@H](N)CN1CCSCC1. The summed E-state index contributed by atoms with van der Waals surface area (Å²) in [5.74, 6) is 3.23. The average molecular weight is 202 g/mol. The van der Waals surface area contributed by atoms with Gasteiger partial charge in [0.2, 0.25) is 0 Å². The molecule has 0 unspecified atom stereocenters. The third-order valence-corrected chi connectivity index (χ3v) is 3.89. The lowest BCUT2D eigenvalue weighted by Gasteiger charge is -2.30. The van der Waals surface area contributed by atoms with Gasteiger partial charge in [-0.2, -0.15) is 11.8 Å². The minimum absolute atomic E-state index is 0.369. The Morgan fingerprint density at radius 3 is 2.54 bits per heavy atom. The summed E-state index contributed by atoms with van der Waals surface area (Å²) in [6, 6.07) is 0.369. The summed E-state index contributed by atoms with van der Waals surface area (Å²) in [6.07, 6.45) is 1.20. The van der Waals surface area contributed by atoms with Crippen molar-refractivity contribution in [2.45, 2.75) is 26.3 Å². The third kappa shape index (κ3) is 3.88. The van der Waals surface area contributed by atoms with E-state index in [1.54, 1.807) is 0 Å². The molecule has 3 heteroatoms. The van der Waals surface area contributed by atoms with E-state index in [1.165, 1.54) is 31.0 Å². The van der Waals surface area contributed by atoms with Gasteiger partial charge < -0.3 is 10.6 Å². The Labute approximate surface area is 86.2 Å². The number of rotatable bonds is 4. The largest absolute Gasteiger partial charge is 0.326 e. The maximum absolute atomic E-state index is 6.11. The highest BCUT2D eigenvalue weighted by molar-refractivity contribution is 7.99. The molecule has 0 bridgehead atoms. The van der Waals surface area contributed by atoms with Crippen molar-refractivity contribution in [1.82, 2.24) is 4.90 Å². The van der Waals surface area contributed by atoms with Gasteiger partial charge in [-0.1, -0.05) is 20.3 Å². The zero-order valence-corrected chi connectivity index (χ0v) is 9.65. The van der Waals surface area contributed by atoms with Crippen molar-refractivity contribution < 1.29 is 0 Å². The first-order valence-corrected chi connectivity index (χ1v) is 6.45. The number of hydrogen-bond acceptors (Lipinski definition) is 3. The van der Waals surface area contributed by atoms with Crippen molar-refractivity contribution in [2.75, 3.05) is 31.1 Å². The smallest absolute Gasteiger partial charge is 0.0193 e. The zero-order valence-electron chi connectivity index (χ0n) is 8.83. The molecule has 2 N–H and O–H groups in total. The van der Waals surface area contributed by atoms with Crippen LogP contribution in [0.4, 0.5) is 0 Å².